The van der Waals surface area contributed by atoms with E-state index >= 15 is 0 Å². The third-order valence-corrected chi connectivity index (χ3v) is 2.97. The predicted octanol–water partition coefficient (Wildman–Crippen LogP) is 2.92. The molecule has 0 amide bonds. The summed E-state index contributed by atoms with van der Waals surface area (Å²) in [5.41, 5.74) is 0.528. The molecule has 0 saturated heterocycles. The van der Waals surface area contributed by atoms with E-state index in [1.807, 2.05) is 13.8 Å². The molecule has 1 heterocycles. The Morgan fingerprint density at radius 3 is 2.56 bits per heavy atom. The Morgan fingerprint density at radius 1 is 1.33 bits per heavy atom. The second-order valence-electron chi connectivity index (χ2n) is 4.29. The van der Waals surface area contributed by atoms with Crippen LogP contribution in [0.4, 0.5) is 0 Å². The van der Waals surface area contributed by atoms with Gasteiger partial charge in [-0.05, 0) is 18.1 Å². The van der Waals surface area contributed by atoms with Gasteiger partial charge in [0.2, 0.25) is 5.88 Å². The lowest BCUT2D eigenvalue weighted by atomic mass is 10.1. The number of H-pyrrole nitrogens is 1. The van der Waals surface area contributed by atoms with Crippen LogP contribution < -0.4 is 5.56 Å². The lowest BCUT2D eigenvalue weighted by Gasteiger charge is -2.09. The van der Waals surface area contributed by atoms with E-state index in [0.717, 1.165) is 0 Å². The van der Waals surface area contributed by atoms with Crippen LogP contribution in [0, 0.1) is 0 Å². The molecule has 2 rings (SSSR count). The van der Waals surface area contributed by atoms with Gasteiger partial charge in [0.05, 0.1) is 10.6 Å². The quantitative estimate of drug-likeness (QED) is 0.876. The number of hydrogen-bond acceptors (Lipinski definition) is 3. The van der Waals surface area contributed by atoms with Gasteiger partial charge in [-0.3, -0.25) is 4.79 Å². The van der Waals surface area contributed by atoms with Crippen molar-refractivity contribution >= 4 is 11.6 Å². The van der Waals surface area contributed by atoms with E-state index in [4.69, 9.17) is 11.6 Å². The maximum Gasteiger partial charge on any atom is 0.258 e. The van der Waals surface area contributed by atoms with Crippen molar-refractivity contribution in [3.63, 3.8) is 0 Å². The van der Waals surface area contributed by atoms with Crippen molar-refractivity contribution < 1.29 is 5.11 Å². The van der Waals surface area contributed by atoms with Gasteiger partial charge in [0, 0.05) is 5.56 Å². The molecule has 0 saturated carbocycles. The Morgan fingerprint density at radius 2 is 2.00 bits per heavy atom. The molecule has 0 fully saturated rings. The van der Waals surface area contributed by atoms with Crippen molar-refractivity contribution in [3.05, 3.63) is 45.2 Å². The molecule has 2 N–H and O–H groups in total. The van der Waals surface area contributed by atoms with E-state index in [0.29, 0.717) is 10.6 Å². The third-order valence-electron chi connectivity index (χ3n) is 2.64. The van der Waals surface area contributed by atoms with Crippen molar-refractivity contribution in [1.29, 1.82) is 0 Å². The van der Waals surface area contributed by atoms with Crippen molar-refractivity contribution in [3.8, 4) is 17.3 Å². The highest BCUT2D eigenvalue weighted by atomic mass is 35.5. The van der Waals surface area contributed by atoms with Gasteiger partial charge in [-0.25, -0.2) is 0 Å². The van der Waals surface area contributed by atoms with E-state index in [2.05, 4.69) is 9.97 Å². The topological polar surface area (TPSA) is 66.0 Å². The third kappa shape index (κ3) is 2.24. The highest BCUT2D eigenvalue weighted by molar-refractivity contribution is 6.33. The van der Waals surface area contributed by atoms with Gasteiger partial charge in [-0.1, -0.05) is 37.6 Å². The molecule has 4 nitrogen and oxygen atoms in total. The van der Waals surface area contributed by atoms with Crippen LogP contribution in [0.3, 0.4) is 0 Å². The molecule has 0 unspecified atom stereocenters. The summed E-state index contributed by atoms with van der Waals surface area (Å²) in [7, 11) is 0. The summed E-state index contributed by atoms with van der Waals surface area (Å²) in [6, 6.07) is 7.00. The van der Waals surface area contributed by atoms with Crippen molar-refractivity contribution in [2.45, 2.75) is 19.8 Å². The summed E-state index contributed by atoms with van der Waals surface area (Å²) < 4.78 is 0. The zero-order valence-electron chi connectivity index (χ0n) is 10.1. The van der Waals surface area contributed by atoms with Gasteiger partial charge < -0.3 is 10.1 Å². The SMILES string of the molecule is CC(C)c1c(O)nc(-c2ccccc2Cl)[nH]c1=O. The maximum absolute atomic E-state index is 11.9. The minimum absolute atomic E-state index is 0.0958. The molecule has 0 bridgehead atoms. The normalized spacial score (nSPS) is 10.9. The van der Waals surface area contributed by atoms with Gasteiger partial charge in [0.15, 0.2) is 0 Å². The number of aromatic hydroxyl groups is 1. The Labute approximate surface area is 109 Å². The molecule has 18 heavy (non-hydrogen) atoms. The number of nitrogens with zero attached hydrogens (tertiary/aromatic N) is 1. The smallest absolute Gasteiger partial charge is 0.258 e. The van der Waals surface area contributed by atoms with Crippen LogP contribution in [0.1, 0.15) is 25.3 Å². The molecule has 0 aliphatic heterocycles. The average molecular weight is 265 g/mol. The molecule has 0 aliphatic carbocycles. The number of nitrogens with one attached hydrogen (secondary N) is 1. The minimum Gasteiger partial charge on any atom is -0.493 e. The number of aromatic amines is 1. The first-order valence-electron chi connectivity index (χ1n) is 5.58. The number of rotatable bonds is 2. The maximum atomic E-state index is 11.9. The first-order valence-corrected chi connectivity index (χ1v) is 5.96. The highest BCUT2D eigenvalue weighted by Crippen LogP contribution is 2.26. The number of hydrogen-bond donors (Lipinski definition) is 2. The van der Waals surface area contributed by atoms with E-state index in [-0.39, 0.29) is 28.7 Å². The lowest BCUT2D eigenvalue weighted by Crippen LogP contribution is -2.16. The van der Waals surface area contributed by atoms with Crippen molar-refractivity contribution in [1.82, 2.24) is 9.97 Å². The molecule has 0 spiro atoms. The highest BCUT2D eigenvalue weighted by Gasteiger charge is 2.15. The first kappa shape index (κ1) is 12.6. The second-order valence-corrected chi connectivity index (χ2v) is 4.69. The molecule has 5 heteroatoms. The largest absolute Gasteiger partial charge is 0.493 e. The monoisotopic (exact) mass is 264 g/mol. The standard InChI is InChI=1S/C13H13ClN2O2/c1-7(2)10-12(17)15-11(16-13(10)18)8-5-3-4-6-9(8)14/h3-7H,1-2H3,(H2,15,16,17,18). The molecule has 1 aromatic carbocycles. The Balaban J connectivity index is 2.63. The molecule has 2 aromatic rings. The first-order chi connectivity index (χ1) is 8.50. The molecule has 0 atom stereocenters. The summed E-state index contributed by atoms with van der Waals surface area (Å²) >= 11 is 6.02. The molecule has 0 radical (unpaired) electrons. The van der Waals surface area contributed by atoms with Crippen LogP contribution in [0.15, 0.2) is 29.1 Å². The fraction of sp³-hybridized carbons (Fsp3) is 0.231. The minimum atomic E-state index is -0.340. The molecule has 0 aliphatic rings. The molecular formula is C13H13ClN2O2. The molecule has 94 valence electrons. The summed E-state index contributed by atoms with van der Waals surface area (Å²) in [5, 5.41) is 10.3. The predicted molar refractivity (Wildman–Crippen MR) is 71.1 cm³/mol. The van der Waals surface area contributed by atoms with E-state index in [9.17, 15) is 9.90 Å². The molecule has 1 aromatic heterocycles. The van der Waals surface area contributed by atoms with Gasteiger partial charge >= 0.3 is 0 Å². The van der Waals surface area contributed by atoms with Crippen LogP contribution in [-0.2, 0) is 0 Å². The fourth-order valence-corrected chi connectivity index (χ4v) is 2.00. The van der Waals surface area contributed by atoms with Gasteiger partial charge in [0.25, 0.3) is 5.56 Å². The fourth-order valence-electron chi connectivity index (χ4n) is 1.77. The average Bonchev–Trinajstić information content (AvgIpc) is 2.27. The summed E-state index contributed by atoms with van der Waals surface area (Å²) in [5.74, 6) is -0.0716. The summed E-state index contributed by atoms with van der Waals surface area (Å²) in [6.07, 6.45) is 0. The number of halogens is 1. The second kappa shape index (κ2) is 4.82. The van der Waals surface area contributed by atoms with Crippen LogP contribution in [0.5, 0.6) is 5.88 Å². The zero-order chi connectivity index (χ0) is 13.3. The number of aromatic nitrogens is 2. The van der Waals surface area contributed by atoms with E-state index in [1.165, 1.54) is 0 Å². The Kier molecular flexibility index (Phi) is 3.39. The van der Waals surface area contributed by atoms with Gasteiger partial charge in [-0.15, -0.1) is 0 Å². The molecular weight excluding hydrogens is 252 g/mol. The Hall–Kier alpha value is -1.81. The van der Waals surface area contributed by atoms with Crippen molar-refractivity contribution in [2.24, 2.45) is 0 Å². The van der Waals surface area contributed by atoms with E-state index in [1.54, 1.807) is 24.3 Å². The Bertz CT molecular complexity index is 635. The van der Waals surface area contributed by atoms with E-state index < -0.39 is 0 Å². The van der Waals surface area contributed by atoms with Crippen LogP contribution in [0.2, 0.25) is 5.02 Å². The van der Waals surface area contributed by atoms with Crippen molar-refractivity contribution in [2.75, 3.05) is 0 Å². The summed E-state index contributed by atoms with van der Waals surface area (Å²) in [6.45, 7) is 3.64. The van der Waals surface area contributed by atoms with Gasteiger partial charge in [-0.2, -0.15) is 4.98 Å². The number of benzene rings is 1. The van der Waals surface area contributed by atoms with Crippen LogP contribution in [-0.4, -0.2) is 15.1 Å². The van der Waals surface area contributed by atoms with Crippen LogP contribution >= 0.6 is 11.6 Å². The lowest BCUT2D eigenvalue weighted by molar-refractivity contribution is 0.440. The van der Waals surface area contributed by atoms with Gasteiger partial charge in [0.1, 0.15) is 5.82 Å². The zero-order valence-corrected chi connectivity index (χ0v) is 10.8. The van der Waals surface area contributed by atoms with Crippen LogP contribution in [0.25, 0.3) is 11.4 Å². The summed E-state index contributed by atoms with van der Waals surface area (Å²) in [4.78, 5) is 18.5.